The average molecular weight is 259 g/mol. The van der Waals surface area contributed by atoms with Gasteiger partial charge < -0.3 is 11.5 Å². The highest BCUT2D eigenvalue weighted by atomic mass is 16.2. The van der Waals surface area contributed by atoms with Crippen molar-refractivity contribution in [1.29, 1.82) is 0 Å². The first-order chi connectivity index (χ1) is 9.09. The van der Waals surface area contributed by atoms with Crippen molar-refractivity contribution in [2.24, 2.45) is 0 Å². The molecular weight excluding hydrogens is 242 g/mol. The summed E-state index contributed by atoms with van der Waals surface area (Å²) < 4.78 is 0. The van der Waals surface area contributed by atoms with Crippen LogP contribution in [0.3, 0.4) is 0 Å². The van der Waals surface area contributed by atoms with Gasteiger partial charge in [0.1, 0.15) is 0 Å². The third-order valence-corrected chi connectivity index (χ3v) is 4.06. The van der Waals surface area contributed by atoms with E-state index in [2.05, 4.69) is 0 Å². The monoisotopic (exact) mass is 259 g/mol. The maximum absolute atomic E-state index is 12.4. The summed E-state index contributed by atoms with van der Waals surface area (Å²) in [6.07, 6.45) is 5.12. The van der Waals surface area contributed by atoms with Gasteiger partial charge in [-0.05, 0) is 25.0 Å². The Morgan fingerprint density at radius 3 is 1.84 bits per heavy atom. The topological polar surface area (TPSA) is 89.4 Å². The molecule has 1 aromatic rings. The number of nitrogens with zero attached hydrogens (tertiary/aromatic N) is 1. The summed E-state index contributed by atoms with van der Waals surface area (Å²) in [7, 11) is 0. The van der Waals surface area contributed by atoms with Crippen LogP contribution < -0.4 is 11.5 Å². The maximum Gasteiger partial charge on any atom is 0.261 e. The number of carbonyl (C=O) groups excluding carboxylic acids is 2. The number of amides is 2. The predicted molar refractivity (Wildman–Crippen MR) is 72.6 cm³/mol. The van der Waals surface area contributed by atoms with E-state index in [0.29, 0.717) is 22.5 Å². The van der Waals surface area contributed by atoms with Gasteiger partial charge in [-0.25, -0.2) is 0 Å². The van der Waals surface area contributed by atoms with Gasteiger partial charge >= 0.3 is 0 Å². The quantitative estimate of drug-likeness (QED) is 0.594. The molecule has 0 saturated heterocycles. The minimum atomic E-state index is -0.224. The Kier molecular flexibility index (Phi) is 2.69. The molecule has 0 unspecified atom stereocenters. The van der Waals surface area contributed by atoms with E-state index in [1.54, 1.807) is 0 Å². The van der Waals surface area contributed by atoms with Crippen LogP contribution in [-0.4, -0.2) is 22.8 Å². The number of nitrogens with two attached hydrogens (primary N) is 2. The Hall–Kier alpha value is -2.04. The first-order valence-electron chi connectivity index (χ1n) is 6.66. The fraction of sp³-hybridized carbons (Fsp3) is 0.429. The summed E-state index contributed by atoms with van der Waals surface area (Å²) in [5.41, 5.74) is 12.9. The molecule has 2 aliphatic rings. The van der Waals surface area contributed by atoms with Crippen molar-refractivity contribution in [2.45, 2.75) is 38.1 Å². The molecule has 2 amide bonds. The van der Waals surface area contributed by atoms with E-state index < -0.39 is 0 Å². The second-order valence-corrected chi connectivity index (χ2v) is 5.30. The number of rotatable bonds is 1. The number of carbonyl (C=O) groups is 2. The van der Waals surface area contributed by atoms with Gasteiger partial charge in [-0.1, -0.05) is 19.3 Å². The maximum atomic E-state index is 12.4. The van der Waals surface area contributed by atoms with E-state index in [4.69, 9.17) is 11.5 Å². The third kappa shape index (κ3) is 1.77. The lowest BCUT2D eigenvalue weighted by Crippen LogP contribution is -2.40. The molecule has 1 saturated carbocycles. The normalized spacial score (nSPS) is 19.9. The van der Waals surface area contributed by atoms with Crippen LogP contribution in [0.2, 0.25) is 0 Å². The zero-order chi connectivity index (χ0) is 13.6. The van der Waals surface area contributed by atoms with E-state index in [1.807, 2.05) is 0 Å². The summed E-state index contributed by atoms with van der Waals surface area (Å²) in [4.78, 5) is 26.2. The summed E-state index contributed by atoms with van der Waals surface area (Å²) in [6, 6.07) is 3.07. The molecule has 0 bridgehead atoms. The molecule has 0 radical (unpaired) electrons. The number of nitrogen functional groups attached to an aromatic ring is 2. The molecular formula is C14H17N3O2. The van der Waals surface area contributed by atoms with Crippen molar-refractivity contribution >= 4 is 23.2 Å². The predicted octanol–water partition coefficient (Wildman–Crippen LogP) is 1.78. The molecule has 1 heterocycles. The van der Waals surface area contributed by atoms with Crippen LogP contribution in [-0.2, 0) is 0 Å². The van der Waals surface area contributed by atoms with Crippen molar-refractivity contribution in [3.05, 3.63) is 23.3 Å². The molecule has 4 N–H and O–H groups in total. The van der Waals surface area contributed by atoms with Crippen LogP contribution in [0.25, 0.3) is 0 Å². The van der Waals surface area contributed by atoms with Gasteiger partial charge in [0.05, 0.1) is 22.5 Å². The van der Waals surface area contributed by atoms with Gasteiger partial charge in [0.25, 0.3) is 11.8 Å². The van der Waals surface area contributed by atoms with Crippen LogP contribution in [0.4, 0.5) is 11.4 Å². The largest absolute Gasteiger partial charge is 0.397 e. The fourth-order valence-corrected chi connectivity index (χ4v) is 3.01. The van der Waals surface area contributed by atoms with Crippen molar-refractivity contribution in [2.75, 3.05) is 11.5 Å². The highest BCUT2D eigenvalue weighted by molar-refractivity contribution is 6.22. The molecule has 0 atom stereocenters. The van der Waals surface area contributed by atoms with Crippen LogP contribution in [0, 0.1) is 0 Å². The first kappa shape index (κ1) is 12.0. The summed E-state index contributed by atoms with van der Waals surface area (Å²) in [6.45, 7) is 0. The van der Waals surface area contributed by atoms with Crippen LogP contribution in [0.5, 0.6) is 0 Å². The highest BCUT2D eigenvalue weighted by Crippen LogP contribution is 2.33. The van der Waals surface area contributed by atoms with Gasteiger partial charge in [-0.3, -0.25) is 14.5 Å². The SMILES string of the molecule is Nc1cc2c(cc1N)C(=O)N(C1CCCCC1)C2=O. The van der Waals surface area contributed by atoms with Crippen LogP contribution in [0.15, 0.2) is 12.1 Å². The molecule has 0 spiro atoms. The Morgan fingerprint density at radius 1 is 0.895 bits per heavy atom. The highest BCUT2D eigenvalue weighted by Gasteiger charge is 2.40. The van der Waals surface area contributed by atoms with Crippen molar-refractivity contribution in [3.8, 4) is 0 Å². The number of hydrogen-bond acceptors (Lipinski definition) is 4. The smallest absolute Gasteiger partial charge is 0.261 e. The van der Waals surface area contributed by atoms with Gasteiger partial charge in [-0.15, -0.1) is 0 Å². The second kappa shape index (κ2) is 4.26. The summed E-state index contributed by atoms with van der Waals surface area (Å²) >= 11 is 0. The van der Waals surface area contributed by atoms with E-state index >= 15 is 0 Å². The summed E-state index contributed by atoms with van der Waals surface area (Å²) in [5.74, 6) is -0.447. The molecule has 3 rings (SSSR count). The van der Waals surface area contributed by atoms with E-state index in [0.717, 1.165) is 25.7 Å². The Balaban J connectivity index is 1.99. The van der Waals surface area contributed by atoms with Crippen molar-refractivity contribution in [1.82, 2.24) is 4.90 Å². The fourth-order valence-electron chi connectivity index (χ4n) is 3.01. The molecule has 1 aromatic carbocycles. The zero-order valence-corrected chi connectivity index (χ0v) is 10.7. The molecule has 19 heavy (non-hydrogen) atoms. The number of imide groups is 1. The van der Waals surface area contributed by atoms with Gasteiger partial charge in [-0.2, -0.15) is 0 Å². The van der Waals surface area contributed by atoms with E-state index in [-0.39, 0.29) is 17.9 Å². The number of anilines is 2. The van der Waals surface area contributed by atoms with Gasteiger partial charge in [0.2, 0.25) is 0 Å². The Bertz CT molecular complexity index is 521. The van der Waals surface area contributed by atoms with Gasteiger partial charge in [0.15, 0.2) is 0 Å². The number of benzene rings is 1. The first-order valence-corrected chi connectivity index (χ1v) is 6.66. The van der Waals surface area contributed by atoms with E-state index in [1.165, 1.54) is 23.5 Å². The van der Waals surface area contributed by atoms with Crippen LogP contribution in [0.1, 0.15) is 52.8 Å². The third-order valence-electron chi connectivity index (χ3n) is 4.06. The van der Waals surface area contributed by atoms with E-state index in [9.17, 15) is 9.59 Å². The minimum Gasteiger partial charge on any atom is -0.397 e. The van der Waals surface area contributed by atoms with Gasteiger partial charge in [0, 0.05) is 6.04 Å². The molecule has 0 aromatic heterocycles. The lowest BCUT2D eigenvalue weighted by atomic mass is 9.94. The average Bonchev–Trinajstić information content (AvgIpc) is 2.64. The standard InChI is InChI=1S/C14H17N3O2/c15-11-6-9-10(7-12(11)16)14(19)17(13(9)18)8-4-2-1-3-5-8/h6-8H,1-5,15-16H2. The second-order valence-electron chi connectivity index (χ2n) is 5.30. The number of hydrogen-bond donors (Lipinski definition) is 2. The Labute approximate surface area is 111 Å². The minimum absolute atomic E-state index is 0.0311. The van der Waals surface area contributed by atoms with Crippen molar-refractivity contribution in [3.63, 3.8) is 0 Å². The van der Waals surface area contributed by atoms with Crippen molar-refractivity contribution < 1.29 is 9.59 Å². The molecule has 5 nitrogen and oxygen atoms in total. The molecule has 1 aliphatic heterocycles. The molecule has 100 valence electrons. The Morgan fingerprint density at radius 2 is 1.37 bits per heavy atom. The lowest BCUT2D eigenvalue weighted by Gasteiger charge is -2.29. The number of fused-ring (bicyclic) bond motifs is 1. The molecule has 1 fully saturated rings. The molecule has 5 heteroatoms. The molecule has 1 aliphatic carbocycles. The van der Waals surface area contributed by atoms with Crippen LogP contribution >= 0.6 is 0 Å². The summed E-state index contributed by atoms with van der Waals surface area (Å²) in [5, 5.41) is 0. The lowest BCUT2D eigenvalue weighted by molar-refractivity contribution is 0.0549. The zero-order valence-electron chi connectivity index (χ0n) is 10.7.